The van der Waals surface area contributed by atoms with E-state index in [4.69, 9.17) is 4.74 Å². The van der Waals surface area contributed by atoms with Crippen LogP contribution in [0.15, 0.2) is 42.6 Å². The van der Waals surface area contributed by atoms with Crippen LogP contribution in [-0.4, -0.2) is 22.6 Å². The lowest BCUT2D eigenvalue weighted by molar-refractivity contribution is 0.0602. The van der Waals surface area contributed by atoms with Crippen LogP contribution in [0.4, 0.5) is 0 Å². The van der Waals surface area contributed by atoms with Crippen LogP contribution in [0.1, 0.15) is 40.3 Å². The van der Waals surface area contributed by atoms with Crippen LogP contribution < -0.4 is 0 Å². The molecule has 2 heterocycles. The molecule has 0 N–H and O–H groups in total. The Morgan fingerprint density at radius 1 is 1.22 bits per heavy atom. The number of aromatic nitrogens is 2. The van der Waals surface area contributed by atoms with Crippen LogP contribution in [0, 0.1) is 13.8 Å². The van der Waals surface area contributed by atoms with E-state index in [0.29, 0.717) is 5.56 Å². The molecule has 4 heteroatoms. The Morgan fingerprint density at radius 3 is 2.65 bits per heavy atom. The summed E-state index contributed by atoms with van der Waals surface area (Å²) in [5, 5.41) is 0.925. The highest BCUT2D eigenvalue weighted by Gasteiger charge is 2.23. The molecule has 0 spiro atoms. The van der Waals surface area contributed by atoms with Crippen LogP contribution in [-0.2, 0) is 4.74 Å². The number of methoxy groups -OCH3 is 1. The van der Waals surface area contributed by atoms with Gasteiger partial charge in [0.05, 0.1) is 18.7 Å². The number of carbonyl (C=O) groups is 1. The van der Waals surface area contributed by atoms with Gasteiger partial charge in [-0.2, -0.15) is 0 Å². The van der Waals surface area contributed by atoms with Crippen LogP contribution in [0.25, 0.3) is 10.9 Å². The van der Waals surface area contributed by atoms with Gasteiger partial charge in [0.1, 0.15) is 0 Å². The van der Waals surface area contributed by atoms with Crippen molar-refractivity contribution in [3.8, 4) is 0 Å². The maximum atomic E-state index is 12.2. The van der Waals surface area contributed by atoms with Gasteiger partial charge in [-0.1, -0.05) is 18.2 Å². The molecule has 1 aromatic carbocycles. The predicted molar refractivity (Wildman–Crippen MR) is 90.8 cm³/mol. The molecule has 0 aliphatic rings. The highest BCUT2D eigenvalue weighted by molar-refractivity contribution is 6.06. The lowest BCUT2D eigenvalue weighted by Crippen LogP contribution is -2.10. The monoisotopic (exact) mass is 308 g/mol. The minimum atomic E-state index is -0.296. The summed E-state index contributed by atoms with van der Waals surface area (Å²) in [6.07, 6.45) is 1.82. The van der Waals surface area contributed by atoms with E-state index in [2.05, 4.69) is 22.5 Å². The minimum Gasteiger partial charge on any atom is -0.465 e. The summed E-state index contributed by atoms with van der Waals surface area (Å²) in [7, 11) is 1.42. The number of ether oxygens (including phenoxy) is 1. The fourth-order valence-corrected chi connectivity index (χ4v) is 3.23. The molecule has 3 aromatic rings. The third-order valence-electron chi connectivity index (χ3n) is 4.34. The van der Waals surface area contributed by atoms with E-state index >= 15 is 0 Å². The molecule has 1 atom stereocenters. The van der Waals surface area contributed by atoms with Gasteiger partial charge < -0.3 is 9.30 Å². The molecule has 23 heavy (non-hydrogen) atoms. The first-order valence-electron chi connectivity index (χ1n) is 7.65. The van der Waals surface area contributed by atoms with Gasteiger partial charge in [0.2, 0.25) is 0 Å². The molecule has 0 radical (unpaired) electrons. The molecule has 0 fully saturated rings. The zero-order valence-electron chi connectivity index (χ0n) is 13.8. The van der Waals surface area contributed by atoms with E-state index in [1.165, 1.54) is 7.11 Å². The number of fused-ring (bicyclic) bond motifs is 1. The highest BCUT2D eigenvalue weighted by Crippen LogP contribution is 2.32. The average molecular weight is 308 g/mol. The van der Waals surface area contributed by atoms with Gasteiger partial charge in [-0.25, -0.2) is 4.79 Å². The van der Waals surface area contributed by atoms with Crippen molar-refractivity contribution in [2.24, 2.45) is 0 Å². The highest BCUT2D eigenvalue weighted by atomic mass is 16.5. The van der Waals surface area contributed by atoms with Crippen molar-refractivity contribution in [1.82, 2.24) is 9.55 Å². The number of carbonyl (C=O) groups excluding carboxylic acids is 1. The van der Waals surface area contributed by atoms with E-state index in [1.807, 2.05) is 50.4 Å². The molecule has 0 bridgehead atoms. The van der Waals surface area contributed by atoms with Crippen molar-refractivity contribution >= 4 is 16.9 Å². The fraction of sp³-hybridized carbons (Fsp3) is 0.263. The number of esters is 1. The number of hydrogen-bond acceptors (Lipinski definition) is 3. The molecular weight excluding hydrogens is 288 g/mol. The van der Waals surface area contributed by atoms with Crippen LogP contribution in [0.2, 0.25) is 0 Å². The standard InChI is InChI=1S/C19H20N2O2/c1-12-11-15(9-10-20-12)13(2)21-14(3)18(19(22)23-4)16-7-5-6-8-17(16)21/h5-11,13H,1-4H3. The van der Waals surface area contributed by atoms with E-state index in [1.54, 1.807) is 0 Å². The second-order valence-corrected chi connectivity index (χ2v) is 5.75. The Labute approximate surface area is 135 Å². The molecule has 118 valence electrons. The van der Waals surface area contributed by atoms with Gasteiger partial charge in [-0.15, -0.1) is 0 Å². The Balaban J connectivity index is 2.25. The third-order valence-corrected chi connectivity index (χ3v) is 4.34. The molecule has 0 saturated heterocycles. The maximum absolute atomic E-state index is 12.2. The zero-order valence-corrected chi connectivity index (χ0v) is 13.8. The number of para-hydroxylation sites is 1. The van der Waals surface area contributed by atoms with E-state index in [9.17, 15) is 4.79 Å². The van der Waals surface area contributed by atoms with E-state index in [-0.39, 0.29) is 12.0 Å². The average Bonchev–Trinajstić information content (AvgIpc) is 2.85. The SMILES string of the molecule is COC(=O)c1c(C)n(C(C)c2ccnc(C)c2)c2ccccc12. The first-order chi connectivity index (χ1) is 11.0. The third kappa shape index (κ3) is 2.50. The summed E-state index contributed by atoms with van der Waals surface area (Å²) in [6, 6.07) is 12.1. The fourth-order valence-electron chi connectivity index (χ4n) is 3.23. The van der Waals surface area contributed by atoms with Gasteiger partial charge in [-0.3, -0.25) is 4.98 Å². The summed E-state index contributed by atoms with van der Waals surface area (Å²) >= 11 is 0. The molecule has 1 unspecified atom stereocenters. The number of nitrogens with zero attached hydrogens (tertiary/aromatic N) is 2. The normalized spacial score (nSPS) is 12.3. The Bertz CT molecular complexity index is 880. The summed E-state index contributed by atoms with van der Waals surface area (Å²) in [5.41, 5.74) is 4.74. The number of rotatable bonds is 3. The molecule has 4 nitrogen and oxygen atoms in total. The summed E-state index contributed by atoms with van der Waals surface area (Å²) in [5.74, 6) is -0.296. The molecule has 0 amide bonds. The number of benzene rings is 1. The van der Waals surface area contributed by atoms with E-state index < -0.39 is 0 Å². The predicted octanol–water partition coefficient (Wildman–Crippen LogP) is 4.05. The van der Waals surface area contributed by atoms with Crippen molar-refractivity contribution < 1.29 is 9.53 Å². The lowest BCUT2D eigenvalue weighted by Gasteiger charge is -2.18. The van der Waals surface area contributed by atoms with Crippen LogP contribution >= 0.6 is 0 Å². The van der Waals surface area contributed by atoms with E-state index in [0.717, 1.165) is 27.9 Å². The largest absolute Gasteiger partial charge is 0.465 e. The summed E-state index contributed by atoms with van der Waals surface area (Å²) in [6.45, 7) is 6.09. The molecule has 2 aromatic heterocycles. The van der Waals surface area contributed by atoms with Gasteiger partial charge in [0.25, 0.3) is 0 Å². The topological polar surface area (TPSA) is 44.1 Å². The first kappa shape index (κ1) is 15.3. The maximum Gasteiger partial charge on any atom is 0.340 e. The van der Waals surface area contributed by atoms with Gasteiger partial charge in [-0.05, 0) is 44.5 Å². The van der Waals surface area contributed by atoms with Crippen molar-refractivity contribution in [3.63, 3.8) is 0 Å². The van der Waals surface area contributed by atoms with Crippen LogP contribution in [0.3, 0.4) is 0 Å². The Kier molecular flexibility index (Phi) is 3.90. The van der Waals surface area contributed by atoms with Crippen molar-refractivity contribution in [2.75, 3.05) is 7.11 Å². The second kappa shape index (κ2) is 5.88. The minimum absolute atomic E-state index is 0.0972. The first-order valence-corrected chi connectivity index (χ1v) is 7.65. The van der Waals surface area contributed by atoms with Gasteiger partial charge >= 0.3 is 5.97 Å². The number of hydrogen-bond donors (Lipinski definition) is 0. The molecule has 0 aliphatic carbocycles. The Morgan fingerprint density at radius 2 is 1.96 bits per heavy atom. The summed E-state index contributed by atoms with van der Waals surface area (Å²) in [4.78, 5) is 16.5. The second-order valence-electron chi connectivity index (χ2n) is 5.75. The smallest absolute Gasteiger partial charge is 0.340 e. The van der Waals surface area contributed by atoms with Crippen molar-refractivity contribution in [2.45, 2.75) is 26.8 Å². The van der Waals surface area contributed by atoms with Crippen molar-refractivity contribution in [3.05, 3.63) is 65.1 Å². The van der Waals surface area contributed by atoms with Gasteiger partial charge in [0.15, 0.2) is 0 Å². The molecule has 0 saturated carbocycles. The summed E-state index contributed by atoms with van der Waals surface area (Å²) < 4.78 is 7.17. The lowest BCUT2D eigenvalue weighted by atomic mass is 10.1. The molecule has 3 rings (SSSR count). The molecule has 0 aliphatic heterocycles. The number of aryl methyl sites for hydroxylation is 1. The van der Waals surface area contributed by atoms with Gasteiger partial charge in [0, 0.05) is 28.5 Å². The Hall–Kier alpha value is -2.62. The zero-order chi connectivity index (χ0) is 16.6. The quantitative estimate of drug-likeness (QED) is 0.686. The van der Waals surface area contributed by atoms with Crippen molar-refractivity contribution in [1.29, 1.82) is 0 Å². The van der Waals surface area contributed by atoms with Crippen LogP contribution in [0.5, 0.6) is 0 Å². The number of pyridine rings is 1. The molecular formula is C19H20N2O2.